The number of nitrogens with one attached hydrogen (secondary N) is 1. The molecule has 2 nitrogen and oxygen atoms in total. The second-order valence-electron chi connectivity index (χ2n) is 3.67. The van der Waals surface area contributed by atoms with E-state index in [4.69, 9.17) is 23.2 Å². The van der Waals surface area contributed by atoms with Crippen LogP contribution >= 0.6 is 23.2 Å². The van der Waals surface area contributed by atoms with Crippen molar-refractivity contribution in [2.75, 3.05) is 5.32 Å². The first-order valence-corrected chi connectivity index (χ1v) is 5.87. The third kappa shape index (κ3) is 3.52. The SMILES string of the molecule is FC(F)(F)c1cc(Cl)ccc1Nc1ccc(Cl)cn1. The van der Waals surface area contributed by atoms with E-state index in [1.54, 1.807) is 0 Å². The first-order chi connectivity index (χ1) is 8.86. The molecule has 19 heavy (non-hydrogen) atoms. The third-order valence-electron chi connectivity index (χ3n) is 2.28. The standard InChI is InChI=1S/C12H7Cl2F3N2/c13-7-1-3-10(9(5-7)12(15,16)17)19-11-4-2-8(14)6-18-11/h1-6H,(H,18,19). The lowest BCUT2D eigenvalue weighted by Gasteiger charge is -2.14. The van der Waals surface area contributed by atoms with E-state index in [-0.39, 0.29) is 16.5 Å². The number of pyridine rings is 1. The fraction of sp³-hybridized carbons (Fsp3) is 0.0833. The van der Waals surface area contributed by atoms with Gasteiger partial charge in [0.2, 0.25) is 0 Å². The molecule has 2 aromatic rings. The number of nitrogens with zero attached hydrogens (tertiary/aromatic N) is 1. The summed E-state index contributed by atoms with van der Waals surface area (Å²) < 4.78 is 38.6. The highest BCUT2D eigenvalue weighted by Gasteiger charge is 2.33. The van der Waals surface area contributed by atoms with Crippen LogP contribution < -0.4 is 5.32 Å². The Morgan fingerprint density at radius 1 is 1.00 bits per heavy atom. The van der Waals surface area contributed by atoms with E-state index in [2.05, 4.69) is 10.3 Å². The molecule has 0 unspecified atom stereocenters. The largest absolute Gasteiger partial charge is 0.418 e. The molecule has 0 aliphatic heterocycles. The Morgan fingerprint density at radius 3 is 2.26 bits per heavy atom. The molecule has 0 fully saturated rings. The molecule has 0 spiro atoms. The van der Waals surface area contributed by atoms with Crippen LogP contribution in [0.1, 0.15) is 5.56 Å². The highest BCUT2D eigenvalue weighted by Crippen LogP contribution is 2.37. The van der Waals surface area contributed by atoms with Crippen LogP contribution in [0, 0.1) is 0 Å². The van der Waals surface area contributed by atoms with Gasteiger partial charge in [-0.1, -0.05) is 23.2 Å². The summed E-state index contributed by atoms with van der Waals surface area (Å²) in [5.41, 5.74) is -0.969. The molecule has 0 radical (unpaired) electrons. The molecule has 0 aliphatic rings. The number of rotatable bonds is 2. The zero-order valence-corrected chi connectivity index (χ0v) is 10.8. The van der Waals surface area contributed by atoms with Crippen molar-refractivity contribution < 1.29 is 13.2 Å². The molecule has 100 valence electrons. The quantitative estimate of drug-likeness (QED) is 0.830. The molecular formula is C12H7Cl2F3N2. The van der Waals surface area contributed by atoms with Gasteiger partial charge in [-0.3, -0.25) is 0 Å². The number of alkyl halides is 3. The third-order valence-corrected chi connectivity index (χ3v) is 2.74. The van der Waals surface area contributed by atoms with E-state index < -0.39 is 11.7 Å². The molecule has 0 bridgehead atoms. The normalized spacial score (nSPS) is 11.4. The molecule has 1 aromatic carbocycles. The fourth-order valence-corrected chi connectivity index (χ4v) is 1.73. The van der Waals surface area contributed by atoms with E-state index in [1.807, 2.05) is 0 Å². The van der Waals surface area contributed by atoms with Crippen molar-refractivity contribution in [3.8, 4) is 0 Å². The Kier molecular flexibility index (Phi) is 3.87. The molecule has 0 saturated heterocycles. The highest BCUT2D eigenvalue weighted by molar-refractivity contribution is 6.31. The fourth-order valence-electron chi connectivity index (χ4n) is 1.45. The number of hydrogen-bond acceptors (Lipinski definition) is 2. The summed E-state index contributed by atoms with van der Waals surface area (Å²) in [6.45, 7) is 0. The van der Waals surface area contributed by atoms with Gasteiger partial charge in [-0.2, -0.15) is 13.2 Å². The van der Waals surface area contributed by atoms with Crippen LogP contribution in [-0.4, -0.2) is 4.98 Å². The van der Waals surface area contributed by atoms with Gasteiger partial charge in [-0.25, -0.2) is 4.98 Å². The Morgan fingerprint density at radius 2 is 1.68 bits per heavy atom. The molecular weight excluding hydrogens is 300 g/mol. The van der Waals surface area contributed by atoms with E-state index in [0.29, 0.717) is 5.02 Å². The molecule has 2 rings (SSSR count). The van der Waals surface area contributed by atoms with Gasteiger partial charge in [0, 0.05) is 11.2 Å². The maximum Gasteiger partial charge on any atom is 0.418 e. The van der Waals surface area contributed by atoms with E-state index >= 15 is 0 Å². The Bertz CT molecular complexity index is 583. The van der Waals surface area contributed by atoms with E-state index in [0.717, 1.165) is 6.07 Å². The lowest BCUT2D eigenvalue weighted by molar-refractivity contribution is -0.136. The van der Waals surface area contributed by atoms with Crippen molar-refractivity contribution in [1.29, 1.82) is 0 Å². The second kappa shape index (κ2) is 5.27. The van der Waals surface area contributed by atoms with Gasteiger partial charge in [0.25, 0.3) is 0 Å². The average molecular weight is 307 g/mol. The van der Waals surface area contributed by atoms with E-state index in [1.165, 1.54) is 30.5 Å². The van der Waals surface area contributed by atoms with Gasteiger partial charge >= 0.3 is 6.18 Å². The minimum Gasteiger partial charge on any atom is -0.340 e. The number of benzene rings is 1. The smallest absolute Gasteiger partial charge is 0.340 e. The van der Waals surface area contributed by atoms with Crippen molar-refractivity contribution in [2.24, 2.45) is 0 Å². The first kappa shape index (κ1) is 14.0. The Balaban J connectivity index is 2.37. The lowest BCUT2D eigenvalue weighted by Crippen LogP contribution is -2.09. The molecule has 0 aliphatic carbocycles. The van der Waals surface area contributed by atoms with Gasteiger partial charge in [-0.15, -0.1) is 0 Å². The van der Waals surface area contributed by atoms with Crippen molar-refractivity contribution in [3.05, 3.63) is 52.1 Å². The molecule has 1 N–H and O–H groups in total. The summed E-state index contributed by atoms with van der Waals surface area (Å²) in [6, 6.07) is 6.49. The zero-order chi connectivity index (χ0) is 14.0. The molecule has 0 saturated carbocycles. The number of aromatic nitrogens is 1. The number of anilines is 2. The van der Waals surface area contributed by atoms with Crippen LogP contribution in [-0.2, 0) is 6.18 Å². The lowest BCUT2D eigenvalue weighted by atomic mass is 10.1. The van der Waals surface area contributed by atoms with Crippen LogP contribution in [0.15, 0.2) is 36.5 Å². The van der Waals surface area contributed by atoms with Crippen molar-refractivity contribution >= 4 is 34.7 Å². The van der Waals surface area contributed by atoms with Crippen LogP contribution in [0.4, 0.5) is 24.7 Å². The van der Waals surface area contributed by atoms with E-state index in [9.17, 15) is 13.2 Å². The molecule has 1 aromatic heterocycles. The minimum absolute atomic E-state index is 0.0157. The summed E-state index contributed by atoms with van der Waals surface area (Å²) in [4.78, 5) is 3.88. The zero-order valence-electron chi connectivity index (χ0n) is 9.30. The van der Waals surface area contributed by atoms with Gasteiger partial charge in [0.1, 0.15) is 5.82 Å². The van der Waals surface area contributed by atoms with Crippen LogP contribution in [0.3, 0.4) is 0 Å². The monoisotopic (exact) mass is 306 g/mol. The average Bonchev–Trinajstić information content (AvgIpc) is 2.33. The van der Waals surface area contributed by atoms with Crippen LogP contribution in [0.2, 0.25) is 10.0 Å². The summed E-state index contributed by atoms with van der Waals surface area (Å²) >= 11 is 11.2. The molecule has 7 heteroatoms. The summed E-state index contributed by atoms with van der Waals surface area (Å²) in [5.74, 6) is 0.261. The molecule has 0 amide bonds. The molecule has 0 atom stereocenters. The number of halogens is 5. The van der Waals surface area contributed by atoms with Gasteiger partial charge in [-0.05, 0) is 30.3 Å². The predicted molar refractivity (Wildman–Crippen MR) is 69.0 cm³/mol. The second-order valence-corrected chi connectivity index (χ2v) is 4.55. The van der Waals surface area contributed by atoms with Gasteiger partial charge in [0.05, 0.1) is 16.3 Å². The maximum absolute atomic E-state index is 12.9. The van der Waals surface area contributed by atoms with Crippen molar-refractivity contribution in [1.82, 2.24) is 4.98 Å². The number of hydrogen-bond donors (Lipinski definition) is 1. The maximum atomic E-state index is 12.9. The van der Waals surface area contributed by atoms with Crippen molar-refractivity contribution in [3.63, 3.8) is 0 Å². The van der Waals surface area contributed by atoms with Crippen molar-refractivity contribution in [2.45, 2.75) is 6.18 Å². The van der Waals surface area contributed by atoms with Crippen LogP contribution in [0.25, 0.3) is 0 Å². The van der Waals surface area contributed by atoms with Gasteiger partial charge in [0.15, 0.2) is 0 Å². The summed E-state index contributed by atoms with van der Waals surface area (Å²) in [6.07, 6.45) is -3.16. The Labute approximate surface area is 117 Å². The summed E-state index contributed by atoms with van der Waals surface area (Å²) in [5, 5.41) is 3.00. The minimum atomic E-state index is -4.50. The topological polar surface area (TPSA) is 24.9 Å². The van der Waals surface area contributed by atoms with Gasteiger partial charge < -0.3 is 5.32 Å². The predicted octanol–water partition coefficient (Wildman–Crippen LogP) is 5.15. The Hall–Kier alpha value is -1.46. The van der Waals surface area contributed by atoms with Crippen LogP contribution in [0.5, 0.6) is 0 Å². The molecule has 1 heterocycles. The highest BCUT2D eigenvalue weighted by atomic mass is 35.5. The summed E-state index contributed by atoms with van der Waals surface area (Å²) in [7, 11) is 0. The first-order valence-electron chi connectivity index (χ1n) is 5.11.